The maximum absolute atomic E-state index is 10.3. The molecule has 0 bridgehead atoms. The Morgan fingerprint density at radius 1 is 1.33 bits per heavy atom. The predicted molar refractivity (Wildman–Crippen MR) is 43.5 cm³/mol. The van der Waals surface area contributed by atoms with Gasteiger partial charge in [0, 0.05) is 5.69 Å². The molecule has 0 aliphatic carbocycles. The zero-order valence-corrected chi connectivity index (χ0v) is 6.27. The molecule has 12 heavy (non-hydrogen) atoms. The molecule has 1 rings (SSSR count). The number of aliphatic hydroxyl groups is 1. The summed E-state index contributed by atoms with van der Waals surface area (Å²) in [6, 6.07) is 6.05. The van der Waals surface area contributed by atoms with Crippen LogP contribution in [0.15, 0.2) is 24.3 Å². The minimum atomic E-state index is -1.47. The van der Waals surface area contributed by atoms with E-state index in [2.05, 4.69) is 0 Å². The van der Waals surface area contributed by atoms with Crippen LogP contribution in [-0.4, -0.2) is 16.2 Å². The minimum Gasteiger partial charge on any atom is -0.479 e. The number of carbonyl (C=O) groups is 1. The Morgan fingerprint density at radius 2 is 1.83 bits per heavy atom. The average Bonchev–Trinajstić information content (AvgIpc) is 2.04. The smallest absolute Gasteiger partial charge is 0.337 e. The van der Waals surface area contributed by atoms with Gasteiger partial charge in [-0.05, 0) is 17.7 Å². The van der Waals surface area contributed by atoms with Gasteiger partial charge in [0.05, 0.1) is 0 Å². The van der Waals surface area contributed by atoms with Crippen molar-refractivity contribution in [1.29, 1.82) is 0 Å². The maximum Gasteiger partial charge on any atom is 0.337 e. The van der Waals surface area contributed by atoms with Crippen LogP contribution >= 0.6 is 0 Å². The van der Waals surface area contributed by atoms with E-state index >= 15 is 0 Å². The standard InChI is InChI=1S/C8H9NO3/c9-6-3-1-5(2-4-6)7(10)8(11)12/h1-4,7,10H,9H2,(H,11,12)/t7-/m0/s1. The summed E-state index contributed by atoms with van der Waals surface area (Å²) in [7, 11) is 0. The van der Waals surface area contributed by atoms with Crippen molar-refractivity contribution < 1.29 is 15.0 Å². The predicted octanol–water partition coefficient (Wildman–Crippen LogP) is 0.387. The van der Waals surface area contributed by atoms with Crippen LogP contribution in [0.4, 0.5) is 5.69 Å². The number of carboxylic acid groups (broad SMARTS) is 1. The van der Waals surface area contributed by atoms with Crippen LogP contribution in [0.2, 0.25) is 0 Å². The summed E-state index contributed by atoms with van der Waals surface area (Å²) in [5.41, 5.74) is 6.24. The van der Waals surface area contributed by atoms with E-state index in [1.165, 1.54) is 12.1 Å². The number of aliphatic hydroxyl groups excluding tert-OH is 1. The molecular weight excluding hydrogens is 158 g/mol. The first-order valence-electron chi connectivity index (χ1n) is 3.37. The number of carboxylic acids is 1. The number of rotatable bonds is 2. The molecule has 0 radical (unpaired) electrons. The number of hydrogen-bond acceptors (Lipinski definition) is 3. The van der Waals surface area contributed by atoms with E-state index in [0.717, 1.165) is 0 Å². The molecule has 0 amide bonds. The molecule has 64 valence electrons. The van der Waals surface area contributed by atoms with Gasteiger partial charge >= 0.3 is 5.97 Å². The summed E-state index contributed by atoms with van der Waals surface area (Å²) in [6.45, 7) is 0. The Morgan fingerprint density at radius 3 is 2.25 bits per heavy atom. The van der Waals surface area contributed by atoms with Crippen molar-refractivity contribution >= 4 is 11.7 Å². The van der Waals surface area contributed by atoms with Crippen molar-refractivity contribution in [1.82, 2.24) is 0 Å². The Labute approximate surface area is 69.3 Å². The van der Waals surface area contributed by atoms with Gasteiger partial charge in [-0.1, -0.05) is 12.1 Å². The van der Waals surface area contributed by atoms with Gasteiger partial charge in [0.15, 0.2) is 6.10 Å². The lowest BCUT2D eigenvalue weighted by Gasteiger charge is -2.04. The van der Waals surface area contributed by atoms with Gasteiger partial charge in [-0.15, -0.1) is 0 Å². The highest BCUT2D eigenvalue weighted by Gasteiger charge is 2.14. The summed E-state index contributed by atoms with van der Waals surface area (Å²) in [4.78, 5) is 10.3. The molecule has 4 N–H and O–H groups in total. The maximum atomic E-state index is 10.3. The third-order valence-corrected chi connectivity index (χ3v) is 1.49. The molecular formula is C8H9NO3. The molecule has 0 aliphatic heterocycles. The van der Waals surface area contributed by atoms with Gasteiger partial charge in [-0.2, -0.15) is 0 Å². The van der Waals surface area contributed by atoms with E-state index in [4.69, 9.17) is 15.9 Å². The van der Waals surface area contributed by atoms with Gasteiger partial charge in [-0.25, -0.2) is 4.79 Å². The fourth-order valence-electron chi connectivity index (χ4n) is 0.821. The molecule has 0 aliphatic rings. The summed E-state index contributed by atoms with van der Waals surface area (Å²) >= 11 is 0. The van der Waals surface area contributed by atoms with Crippen LogP contribution in [0.5, 0.6) is 0 Å². The number of benzene rings is 1. The summed E-state index contributed by atoms with van der Waals surface area (Å²) < 4.78 is 0. The van der Waals surface area contributed by atoms with E-state index in [-0.39, 0.29) is 0 Å². The molecule has 0 saturated carbocycles. The van der Waals surface area contributed by atoms with Crippen molar-refractivity contribution in [3.8, 4) is 0 Å². The van der Waals surface area contributed by atoms with Gasteiger partial charge < -0.3 is 15.9 Å². The number of anilines is 1. The fourth-order valence-corrected chi connectivity index (χ4v) is 0.821. The number of hydrogen-bond donors (Lipinski definition) is 3. The topological polar surface area (TPSA) is 83.5 Å². The Kier molecular flexibility index (Phi) is 2.30. The molecule has 1 atom stereocenters. The van der Waals surface area contributed by atoms with Crippen LogP contribution in [0.25, 0.3) is 0 Å². The van der Waals surface area contributed by atoms with Crippen LogP contribution < -0.4 is 5.73 Å². The number of nitrogens with two attached hydrogens (primary N) is 1. The highest BCUT2D eigenvalue weighted by atomic mass is 16.4. The zero-order chi connectivity index (χ0) is 9.14. The highest BCUT2D eigenvalue weighted by molar-refractivity contribution is 5.74. The van der Waals surface area contributed by atoms with Gasteiger partial charge in [0.25, 0.3) is 0 Å². The Hall–Kier alpha value is -1.55. The normalized spacial score (nSPS) is 12.4. The summed E-state index contributed by atoms with van der Waals surface area (Å²) in [6.07, 6.45) is -1.47. The molecule has 0 heterocycles. The molecule has 0 aromatic heterocycles. The van der Waals surface area contributed by atoms with Crippen LogP contribution in [0.1, 0.15) is 11.7 Å². The first-order valence-corrected chi connectivity index (χ1v) is 3.37. The fraction of sp³-hybridized carbons (Fsp3) is 0.125. The van der Waals surface area contributed by atoms with E-state index < -0.39 is 12.1 Å². The van der Waals surface area contributed by atoms with Gasteiger partial charge in [-0.3, -0.25) is 0 Å². The molecule has 1 aromatic carbocycles. The monoisotopic (exact) mass is 167 g/mol. The molecule has 0 saturated heterocycles. The van der Waals surface area contributed by atoms with E-state index in [1.54, 1.807) is 12.1 Å². The summed E-state index contributed by atoms with van der Waals surface area (Å²) in [5, 5.41) is 17.5. The van der Waals surface area contributed by atoms with Crippen molar-refractivity contribution in [3.05, 3.63) is 29.8 Å². The summed E-state index contributed by atoms with van der Waals surface area (Å²) in [5.74, 6) is -1.26. The molecule has 0 spiro atoms. The van der Waals surface area contributed by atoms with E-state index in [1.807, 2.05) is 0 Å². The second kappa shape index (κ2) is 3.23. The Bertz CT molecular complexity index is 281. The first-order chi connectivity index (χ1) is 5.61. The van der Waals surface area contributed by atoms with Gasteiger partial charge in [0.1, 0.15) is 0 Å². The molecule has 0 unspecified atom stereocenters. The van der Waals surface area contributed by atoms with Crippen molar-refractivity contribution in [2.75, 3.05) is 5.73 Å². The van der Waals surface area contributed by atoms with E-state index in [9.17, 15) is 4.79 Å². The lowest BCUT2D eigenvalue weighted by atomic mass is 10.1. The third kappa shape index (κ3) is 1.73. The van der Waals surface area contributed by atoms with Crippen LogP contribution in [-0.2, 0) is 4.79 Å². The molecule has 4 heteroatoms. The lowest BCUT2D eigenvalue weighted by Crippen LogP contribution is -2.10. The van der Waals surface area contributed by atoms with Crippen LogP contribution in [0, 0.1) is 0 Å². The average molecular weight is 167 g/mol. The van der Waals surface area contributed by atoms with Crippen molar-refractivity contribution in [2.45, 2.75) is 6.10 Å². The van der Waals surface area contributed by atoms with Crippen molar-refractivity contribution in [2.24, 2.45) is 0 Å². The third-order valence-electron chi connectivity index (χ3n) is 1.49. The SMILES string of the molecule is Nc1ccc([C@H](O)C(=O)O)cc1. The zero-order valence-electron chi connectivity index (χ0n) is 6.27. The quantitative estimate of drug-likeness (QED) is 0.556. The van der Waals surface area contributed by atoms with Crippen molar-refractivity contribution in [3.63, 3.8) is 0 Å². The highest BCUT2D eigenvalue weighted by Crippen LogP contribution is 2.14. The second-order valence-corrected chi connectivity index (χ2v) is 2.41. The lowest BCUT2D eigenvalue weighted by molar-refractivity contribution is -0.146. The van der Waals surface area contributed by atoms with Gasteiger partial charge in [0.2, 0.25) is 0 Å². The largest absolute Gasteiger partial charge is 0.479 e. The number of aliphatic carboxylic acids is 1. The second-order valence-electron chi connectivity index (χ2n) is 2.41. The molecule has 1 aromatic rings. The Balaban J connectivity index is 2.89. The minimum absolute atomic E-state index is 0.330. The first kappa shape index (κ1) is 8.55. The number of nitrogen functional groups attached to an aromatic ring is 1. The van der Waals surface area contributed by atoms with Crippen LogP contribution in [0.3, 0.4) is 0 Å². The molecule has 0 fully saturated rings. The molecule has 4 nitrogen and oxygen atoms in total. The van der Waals surface area contributed by atoms with E-state index in [0.29, 0.717) is 11.3 Å².